The van der Waals surface area contributed by atoms with E-state index in [0.717, 1.165) is 42.3 Å². The Morgan fingerprint density at radius 2 is 1.88 bits per heavy atom. The standard InChI is InChI=1S/C22H22N2O/c25-22(19-14-23-20-10-4-3-8-17(19)20)24-13-5-9-18-16-7-2-1-6-15(16)11-12-21(18)24/h1-4,6-8,10,14,18,21,23H,5,9,11-13H2/t18-,21+/m0/s1. The molecular weight excluding hydrogens is 308 g/mol. The summed E-state index contributed by atoms with van der Waals surface area (Å²) >= 11 is 0. The minimum absolute atomic E-state index is 0.187. The Hall–Kier alpha value is -2.55. The van der Waals surface area contributed by atoms with Crippen molar-refractivity contribution < 1.29 is 4.79 Å². The van der Waals surface area contributed by atoms with Gasteiger partial charge in [-0.15, -0.1) is 0 Å². The fraction of sp³-hybridized carbons (Fsp3) is 0.318. The minimum atomic E-state index is 0.187. The van der Waals surface area contributed by atoms with Gasteiger partial charge in [0, 0.05) is 35.6 Å². The maximum absolute atomic E-state index is 13.3. The number of carbonyl (C=O) groups is 1. The fourth-order valence-electron chi connectivity index (χ4n) is 4.86. The Kier molecular flexibility index (Phi) is 3.40. The molecule has 5 rings (SSSR count). The van der Waals surface area contributed by atoms with Crippen molar-refractivity contribution in [2.75, 3.05) is 6.54 Å². The smallest absolute Gasteiger partial charge is 0.256 e. The molecule has 1 amide bonds. The summed E-state index contributed by atoms with van der Waals surface area (Å²) in [5.74, 6) is 0.680. The summed E-state index contributed by atoms with van der Waals surface area (Å²) in [4.78, 5) is 18.7. The third-order valence-corrected chi connectivity index (χ3v) is 6.02. The number of fused-ring (bicyclic) bond motifs is 4. The van der Waals surface area contributed by atoms with Gasteiger partial charge in [0.25, 0.3) is 5.91 Å². The summed E-state index contributed by atoms with van der Waals surface area (Å²) < 4.78 is 0. The van der Waals surface area contributed by atoms with Gasteiger partial charge < -0.3 is 9.88 Å². The van der Waals surface area contributed by atoms with Crippen molar-refractivity contribution in [3.05, 3.63) is 71.4 Å². The van der Waals surface area contributed by atoms with Crippen LogP contribution in [0.5, 0.6) is 0 Å². The molecule has 1 aromatic heterocycles. The number of piperidine rings is 1. The van der Waals surface area contributed by atoms with E-state index >= 15 is 0 Å². The SMILES string of the molecule is O=C(c1c[nH]c2ccccc12)N1CCC[C@H]2c3ccccc3CC[C@H]21. The molecule has 1 fully saturated rings. The molecule has 3 nitrogen and oxygen atoms in total. The first-order valence-corrected chi connectivity index (χ1v) is 9.28. The first-order chi connectivity index (χ1) is 12.3. The topological polar surface area (TPSA) is 36.1 Å². The summed E-state index contributed by atoms with van der Waals surface area (Å²) in [6.07, 6.45) is 6.32. The van der Waals surface area contributed by atoms with Gasteiger partial charge >= 0.3 is 0 Å². The van der Waals surface area contributed by atoms with Gasteiger partial charge in [0.1, 0.15) is 0 Å². The predicted molar refractivity (Wildman–Crippen MR) is 99.9 cm³/mol. The van der Waals surface area contributed by atoms with Crippen LogP contribution in [0.15, 0.2) is 54.7 Å². The molecule has 2 aromatic carbocycles. The van der Waals surface area contributed by atoms with Crippen molar-refractivity contribution in [1.29, 1.82) is 0 Å². The molecular formula is C22H22N2O. The first-order valence-electron chi connectivity index (χ1n) is 9.28. The van der Waals surface area contributed by atoms with E-state index in [1.54, 1.807) is 0 Å². The summed E-state index contributed by atoms with van der Waals surface area (Å²) in [7, 11) is 0. The molecule has 3 aromatic rings. The summed E-state index contributed by atoms with van der Waals surface area (Å²) in [6.45, 7) is 0.877. The van der Waals surface area contributed by atoms with Crippen LogP contribution >= 0.6 is 0 Å². The number of aromatic nitrogens is 1. The number of likely N-dealkylation sites (tertiary alicyclic amines) is 1. The molecule has 0 saturated carbocycles. The number of nitrogens with zero attached hydrogens (tertiary/aromatic N) is 1. The zero-order valence-corrected chi connectivity index (χ0v) is 14.2. The highest BCUT2D eigenvalue weighted by atomic mass is 16.2. The van der Waals surface area contributed by atoms with Gasteiger partial charge in [-0.2, -0.15) is 0 Å². The lowest BCUT2D eigenvalue weighted by Crippen LogP contribution is -2.49. The Morgan fingerprint density at radius 1 is 1.04 bits per heavy atom. The number of rotatable bonds is 1. The molecule has 0 unspecified atom stereocenters. The number of aryl methyl sites for hydroxylation is 1. The van der Waals surface area contributed by atoms with E-state index in [2.05, 4.69) is 34.1 Å². The molecule has 1 saturated heterocycles. The number of carbonyl (C=O) groups excluding carboxylic acids is 1. The van der Waals surface area contributed by atoms with Crippen LogP contribution in [0, 0.1) is 0 Å². The summed E-state index contributed by atoms with van der Waals surface area (Å²) in [5, 5.41) is 1.03. The molecule has 1 aliphatic carbocycles. The fourth-order valence-corrected chi connectivity index (χ4v) is 4.86. The Bertz CT molecular complexity index is 942. The van der Waals surface area contributed by atoms with Crippen LogP contribution in [0.3, 0.4) is 0 Å². The molecule has 1 N–H and O–H groups in total. The van der Waals surface area contributed by atoms with Crippen molar-refractivity contribution in [1.82, 2.24) is 9.88 Å². The van der Waals surface area contributed by atoms with E-state index in [-0.39, 0.29) is 5.91 Å². The Morgan fingerprint density at radius 3 is 2.84 bits per heavy atom. The molecule has 1 aliphatic heterocycles. The molecule has 0 bridgehead atoms. The van der Waals surface area contributed by atoms with E-state index in [9.17, 15) is 4.79 Å². The minimum Gasteiger partial charge on any atom is -0.360 e. The lowest BCUT2D eigenvalue weighted by Gasteiger charge is -2.45. The van der Waals surface area contributed by atoms with E-state index < -0.39 is 0 Å². The third-order valence-electron chi connectivity index (χ3n) is 6.02. The number of para-hydroxylation sites is 1. The van der Waals surface area contributed by atoms with Gasteiger partial charge in [-0.05, 0) is 42.9 Å². The Labute approximate surface area is 147 Å². The van der Waals surface area contributed by atoms with Gasteiger partial charge in [-0.1, -0.05) is 42.5 Å². The van der Waals surface area contributed by atoms with Crippen molar-refractivity contribution >= 4 is 16.8 Å². The predicted octanol–water partition coefficient (Wildman–Crippen LogP) is 4.50. The number of hydrogen-bond donors (Lipinski definition) is 1. The molecule has 2 aliphatic rings. The summed E-state index contributed by atoms with van der Waals surface area (Å²) in [6, 6.07) is 17.2. The maximum Gasteiger partial charge on any atom is 0.256 e. The van der Waals surface area contributed by atoms with Crippen molar-refractivity contribution in [3.63, 3.8) is 0 Å². The quantitative estimate of drug-likeness (QED) is 0.700. The van der Waals surface area contributed by atoms with Crippen molar-refractivity contribution in [3.8, 4) is 0 Å². The highest BCUT2D eigenvalue weighted by Gasteiger charge is 2.38. The maximum atomic E-state index is 13.3. The zero-order chi connectivity index (χ0) is 16.8. The molecule has 2 heterocycles. The zero-order valence-electron chi connectivity index (χ0n) is 14.2. The third kappa shape index (κ3) is 2.30. The van der Waals surface area contributed by atoms with E-state index in [1.165, 1.54) is 17.5 Å². The van der Waals surface area contributed by atoms with Gasteiger partial charge in [-0.3, -0.25) is 4.79 Å². The van der Waals surface area contributed by atoms with E-state index in [4.69, 9.17) is 0 Å². The number of aromatic amines is 1. The van der Waals surface area contributed by atoms with Gasteiger partial charge in [0.15, 0.2) is 0 Å². The normalized spacial score (nSPS) is 22.5. The van der Waals surface area contributed by atoms with E-state index in [1.807, 2.05) is 30.5 Å². The highest BCUT2D eigenvalue weighted by molar-refractivity contribution is 6.06. The molecule has 126 valence electrons. The number of H-pyrrole nitrogens is 1. The molecule has 2 atom stereocenters. The van der Waals surface area contributed by atoms with Crippen LogP contribution in [0.2, 0.25) is 0 Å². The van der Waals surface area contributed by atoms with Crippen LogP contribution in [0.1, 0.15) is 46.7 Å². The number of nitrogens with one attached hydrogen (secondary N) is 1. The van der Waals surface area contributed by atoms with Crippen LogP contribution < -0.4 is 0 Å². The number of hydrogen-bond acceptors (Lipinski definition) is 1. The molecule has 0 spiro atoms. The average molecular weight is 330 g/mol. The second kappa shape index (κ2) is 5.76. The number of amides is 1. The largest absolute Gasteiger partial charge is 0.360 e. The average Bonchev–Trinajstić information content (AvgIpc) is 3.11. The van der Waals surface area contributed by atoms with Crippen LogP contribution in [-0.4, -0.2) is 28.4 Å². The van der Waals surface area contributed by atoms with Gasteiger partial charge in [-0.25, -0.2) is 0 Å². The van der Waals surface area contributed by atoms with Crippen molar-refractivity contribution in [2.24, 2.45) is 0 Å². The summed E-state index contributed by atoms with van der Waals surface area (Å²) in [5.41, 5.74) is 4.80. The lowest BCUT2D eigenvalue weighted by atomic mass is 9.74. The van der Waals surface area contributed by atoms with E-state index in [0.29, 0.717) is 12.0 Å². The molecule has 3 heteroatoms. The molecule has 25 heavy (non-hydrogen) atoms. The highest BCUT2D eigenvalue weighted by Crippen LogP contribution is 2.41. The van der Waals surface area contributed by atoms with Crippen LogP contribution in [0.25, 0.3) is 10.9 Å². The number of benzene rings is 2. The Balaban J connectivity index is 1.51. The monoisotopic (exact) mass is 330 g/mol. The second-order valence-electron chi connectivity index (χ2n) is 7.30. The molecule has 0 radical (unpaired) electrons. The van der Waals surface area contributed by atoms with Crippen molar-refractivity contribution in [2.45, 2.75) is 37.6 Å². The van der Waals surface area contributed by atoms with Gasteiger partial charge in [0.2, 0.25) is 0 Å². The lowest BCUT2D eigenvalue weighted by molar-refractivity contribution is 0.0549. The van der Waals surface area contributed by atoms with Gasteiger partial charge in [0.05, 0.1) is 5.56 Å². The second-order valence-corrected chi connectivity index (χ2v) is 7.30. The van der Waals surface area contributed by atoms with Crippen LogP contribution in [0.4, 0.5) is 0 Å². The van der Waals surface area contributed by atoms with Crippen LogP contribution in [-0.2, 0) is 6.42 Å². The first kappa shape index (κ1) is 14.8.